The molecule has 0 atom stereocenters. The second-order valence-corrected chi connectivity index (χ2v) is 8.62. The molecule has 6 nitrogen and oxygen atoms in total. The summed E-state index contributed by atoms with van der Waals surface area (Å²) >= 11 is 1.55. The normalized spacial score (nSPS) is 13.5. The molecule has 2 heterocycles. The molecule has 4 rings (SSSR count). The summed E-state index contributed by atoms with van der Waals surface area (Å²) in [5, 5.41) is 3.33. The highest BCUT2D eigenvalue weighted by Gasteiger charge is 2.31. The van der Waals surface area contributed by atoms with Crippen molar-refractivity contribution in [1.29, 1.82) is 0 Å². The Morgan fingerprint density at radius 3 is 2.69 bits per heavy atom. The molecule has 0 fully saturated rings. The van der Waals surface area contributed by atoms with Crippen LogP contribution in [0, 0.1) is 13.8 Å². The zero-order valence-corrected chi connectivity index (χ0v) is 17.9. The number of fused-ring (bicyclic) bond motifs is 1. The number of anilines is 2. The number of nitrogens with zero attached hydrogens (tertiary/aromatic N) is 2. The summed E-state index contributed by atoms with van der Waals surface area (Å²) in [4.78, 5) is 31.9. The molecule has 1 aliphatic rings. The highest BCUT2D eigenvalue weighted by atomic mass is 32.1. The predicted molar refractivity (Wildman–Crippen MR) is 115 cm³/mol. The third-order valence-corrected chi connectivity index (χ3v) is 5.74. The number of aromatic nitrogens is 1. The van der Waals surface area contributed by atoms with Crippen LogP contribution >= 0.6 is 11.3 Å². The van der Waals surface area contributed by atoms with Gasteiger partial charge in [0.05, 0.1) is 22.0 Å². The largest absolute Gasteiger partial charge is 0.482 e. The second kappa shape index (κ2) is 8.27. The number of hydrogen-bond donors (Lipinski definition) is 1. The van der Waals surface area contributed by atoms with E-state index in [0.29, 0.717) is 11.4 Å². The van der Waals surface area contributed by atoms with Crippen LogP contribution < -0.4 is 15.0 Å². The Bertz CT molecular complexity index is 1210. The van der Waals surface area contributed by atoms with Crippen molar-refractivity contribution in [3.63, 3.8) is 0 Å². The molecule has 0 saturated carbocycles. The topological polar surface area (TPSA) is 71.5 Å². The number of aryl methyl sites for hydroxylation is 2. The SMILES string of the molecule is Cc1nc(-c2ccc3c(c2)N(CC(=O)Nc2cccc(C(F)(F)F)c2)C(=O)CO3)c(C)s1. The van der Waals surface area contributed by atoms with Crippen LogP contribution in [0.1, 0.15) is 15.4 Å². The lowest BCUT2D eigenvalue weighted by Gasteiger charge is -2.29. The van der Waals surface area contributed by atoms with Gasteiger partial charge in [0.15, 0.2) is 6.61 Å². The van der Waals surface area contributed by atoms with E-state index in [-0.39, 0.29) is 18.8 Å². The van der Waals surface area contributed by atoms with Crippen molar-refractivity contribution in [2.24, 2.45) is 0 Å². The van der Waals surface area contributed by atoms with E-state index in [2.05, 4.69) is 10.3 Å². The van der Waals surface area contributed by atoms with Crippen LogP contribution in [0.5, 0.6) is 5.75 Å². The van der Waals surface area contributed by atoms with Gasteiger partial charge in [0, 0.05) is 16.1 Å². The third-order valence-electron chi connectivity index (χ3n) is 4.85. The van der Waals surface area contributed by atoms with Gasteiger partial charge < -0.3 is 10.1 Å². The molecule has 1 N–H and O–H groups in total. The van der Waals surface area contributed by atoms with Gasteiger partial charge in [-0.05, 0) is 50.2 Å². The summed E-state index contributed by atoms with van der Waals surface area (Å²) in [5.74, 6) is -0.624. The van der Waals surface area contributed by atoms with Gasteiger partial charge in [-0.1, -0.05) is 6.07 Å². The summed E-state index contributed by atoms with van der Waals surface area (Å²) in [6.07, 6.45) is -4.53. The van der Waals surface area contributed by atoms with Crippen LogP contribution in [0.4, 0.5) is 24.5 Å². The first kappa shape index (κ1) is 21.8. The maximum Gasteiger partial charge on any atom is 0.416 e. The highest BCUT2D eigenvalue weighted by Crippen LogP contribution is 2.37. The Hall–Kier alpha value is -3.40. The summed E-state index contributed by atoms with van der Waals surface area (Å²) in [7, 11) is 0. The molecule has 0 saturated heterocycles. The number of carbonyl (C=O) groups is 2. The van der Waals surface area contributed by atoms with Crippen molar-refractivity contribution < 1.29 is 27.5 Å². The molecule has 2 aromatic carbocycles. The molecule has 0 bridgehead atoms. The van der Waals surface area contributed by atoms with Crippen LogP contribution in [0.25, 0.3) is 11.3 Å². The minimum atomic E-state index is -4.53. The predicted octanol–water partition coefficient (Wildman–Crippen LogP) is 4.81. The lowest BCUT2D eigenvalue weighted by Crippen LogP contribution is -2.43. The van der Waals surface area contributed by atoms with Gasteiger partial charge in [-0.3, -0.25) is 14.5 Å². The molecular formula is C22H18F3N3O3S. The van der Waals surface area contributed by atoms with E-state index in [4.69, 9.17) is 4.74 Å². The molecule has 0 spiro atoms. The molecule has 0 unspecified atom stereocenters. The van der Waals surface area contributed by atoms with Gasteiger partial charge in [-0.2, -0.15) is 13.2 Å². The fourth-order valence-corrected chi connectivity index (χ4v) is 4.28. The van der Waals surface area contributed by atoms with Crippen molar-refractivity contribution in [3.05, 3.63) is 57.9 Å². The van der Waals surface area contributed by atoms with Crippen LogP contribution in [-0.4, -0.2) is 29.9 Å². The summed E-state index contributed by atoms with van der Waals surface area (Å²) in [6.45, 7) is 3.24. The third kappa shape index (κ3) is 4.45. The number of ether oxygens (including phenoxy) is 1. The number of amides is 2. The Kier molecular flexibility index (Phi) is 5.64. The molecule has 0 radical (unpaired) electrons. The number of alkyl halides is 3. The molecule has 32 heavy (non-hydrogen) atoms. The molecule has 166 valence electrons. The van der Waals surface area contributed by atoms with Gasteiger partial charge in [-0.15, -0.1) is 11.3 Å². The van der Waals surface area contributed by atoms with E-state index in [9.17, 15) is 22.8 Å². The number of halogens is 3. The number of benzene rings is 2. The van der Waals surface area contributed by atoms with E-state index >= 15 is 0 Å². The monoisotopic (exact) mass is 461 g/mol. The summed E-state index contributed by atoms with van der Waals surface area (Å²) < 4.78 is 44.2. The number of nitrogens with one attached hydrogen (secondary N) is 1. The lowest BCUT2D eigenvalue weighted by atomic mass is 10.1. The standard InChI is InChI=1S/C22H18F3N3O3S/c1-12-21(26-13(2)32-12)14-6-7-18-17(8-14)28(20(30)11-31-18)10-19(29)27-16-5-3-4-15(9-16)22(23,24)25/h3-9H,10-11H2,1-2H3,(H,27,29). The Labute approximate surface area is 185 Å². The summed E-state index contributed by atoms with van der Waals surface area (Å²) in [6, 6.07) is 9.59. The Balaban J connectivity index is 1.58. The average molecular weight is 461 g/mol. The maximum atomic E-state index is 12.9. The van der Waals surface area contributed by atoms with Crippen LogP contribution in [0.3, 0.4) is 0 Å². The first-order valence-corrected chi connectivity index (χ1v) is 10.4. The number of thiazole rings is 1. The quantitative estimate of drug-likeness (QED) is 0.605. The van der Waals surface area contributed by atoms with Crippen LogP contribution in [-0.2, 0) is 15.8 Å². The smallest absolute Gasteiger partial charge is 0.416 e. The van der Waals surface area contributed by atoms with Crippen LogP contribution in [0.15, 0.2) is 42.5 Å². The fourth-order valence-electron chi connectivity index (χ4n) is 3.44. The van der Waals surface area contributed by atoms with E-state index < -0.39 is 23.6 Å². The van der Waals surface area contributed by atoms with Crippen molar-refractivity contribution in [1.82, 2.24) is 4.98 Å². The van der Waals surface area contributed by atoms with Gasteiger partial charge in [0.2, 0.25) is 5.91 Å². The van der Waals surface area contributed by atoms with Gasteiger partial charge >= 0.3 is 6.18 Å². The molecule has 1 aromatic heterocycles. The molecule has 10 heteroatoms. The molecule has 3 aromatic rings. The van der Waals surface area contributed by atoms with Crippen molar-refractivity contribution in [2.75, 3.05) is 23.4 Å². The lowest BCUT2D eigenvalue weighted by molar-refractivity contribution is -0.137. The van der Waals surface area contributed by atoms with Gasteiger partial charge in [0.1, 0.15) is 12.3 Å². The van der Waals surface area contributed by atoms with E-state index in [1.807, 2.05) is 19.9 Å². The molecular weight excluding hydrogens is 443 g/mol. The van der Waals surface area contributed by atoms with Gasteiger partial charge in [0.25, 0.3) is 5.91 Å². The summed E-state index contributed by atoms with van der Waals surface area (Å²) in [5.41, 5.74) is 1.08. The van der Waals surface area contributed by atoms with Crippen molar-refractivity contribution in [2.45, 2.75) is 20.0 Å². The Morgan fingerprint density at radius 1 is 1.22 bits per heavy atom. The number of carbonyl (C=O) groups excluding carboxylic acids is 2. The number of rotatable bonds is 4. The zero-order valence-electron chi connectivity index (χ0n) is 17.1. The number of hydrogen-bond acceptors (Lipinski definition) is 5. The Morgan fingerprint density at radius 2 is 2.00 bits per heavy atom. The first-order chi connectivity index (χ1) is 15.1. The zero-order chi connectivity index (χ0) is 23.0. The minimum Gasteiger partial charge on any atom is -0.482 e. The molecule has 0 aliphatic carbocycles. The fraction of sp³-hybridized carbons (Fsp3) is 0.227. The molecule has 1 aliphatic heterocycles. The average Bonchev–Trinajstić information content (AvgIpc) is 3.07. The highest BCUT2D eigenvalue weighted by molar-refractivity contribution is 7.11. The first-order valence-electron chi connectivity index (χ1n) is 9.60. The molecule has 2 amide bonds. The van der Waals surface area contributed by atoms with Crippen molar-refractivity contribution >= 4 is 34.5 Å². The maximum absolute atomic E-state index is 12.9. The van der Waals surface area contributed by atoms with E-state index in [1.165, 1.54) is 17.0 Å². The van der Waals surface area contributed by atoms with Crippen LogP contribution in [0.2, 0.25) is 0 Å². The second-order valence-electron chi connectivity index (χ2n) is 7.22. The van der Waals surface area contributed by atoms with Crippen molar-refractivity contribution in [3.8, 4) is 17.0 Å². The van der Waals surface area contributed by atoms with Gasteiger partial charge in [-0.25, -0.2) is 4.98 Å². The van der Waals surface area contributed by atoms with E-state index in [1.54, 1.807) is 23.5 Å². The van der Waals surface area contributed by atoms with E-state index in [0.717, 1.165) is 33.3 Å². The minimum absolute atomic E-state index is 0.00641.